The Balaban J connectivity index is 0.804. The van der Waals surface area contributed by atoms with E-state index in [0.717, 1.165) is 49.4 Å². The maximum Gasteiger partial charge on any atom is 0.119 e. The van der Waals surface area contributed by atoms with Gasteiger partial charge in [0.25, 0.3) is 0 Å². The minimum absolute atomic E-state index is 0.703. The summed E-state index contributed by atoms with van der Waals surface area (Å²) in [5.41, 5.74) is 11.1. The Morgan fingerprint density at radius 1 is 0.400 bits per heavy atom. The second-order valence-corrected chi connectivity index (χ2v) is 18.4. The topological polar surface area (TPSA) is 18.5 Å². The lowest BCUT2D eigenvalue weighted by Gasteiger charge is -2.29. The molecule has 0 bridgehead atoms. The standard InChI is InChI=1S/C58H74O2/c1-3-5-7-9-42-59-57-38-34-51(35-39-57)49-26-18-45(19-27-49)14-16-47-22-30-53(31-23-47)55-12-11-13-56(44-55)54-32-24-48(25-33-54)17-15-46-20-28-50(29-21-46)52-36-40-58(41-37-52)60-43-10-8-6-4-2/h11-13,22-25,30-41,44-46,49-50H,3-10,14-21,26-29,42-43H2,1-2H3. The Hall–Kier alpha value is -4.30. The van der Waals surface area contributed by atoms with E-state index in [1.54, 1.807) is 0 Å². The Morgan fingerprint density at radius 3 is 1.18 bits per heavy atom. The Kier molecular flexibility index (Phi) is 17.2. The highest BCUT2D eigenvalue weighted by atomic mass is 16.5. The summed E-state index contributed by atoms with van der Waals surface area (Å²) in [4.78, 5) is 0. The predicted octanol–water partition coefficient (Wildman–Crippen LogP) is 16.8. The quantitative estimate of drug-likeness (QED) is 0.0649. The summed E-state index contributed by atoms with van der Waals surface area (Å²) in [7, 11) is 0. The maximum atomic E-state index is 5.99. The average Bonchev–Trinajstić information content (AvgIpc) is 3.31. The fourth-order valence-electron chi connectivity index (χ4n) is 10.0. The summed E-state index contributed by atoms with van der Waals surface area (Å²) < 4.78 is 12.0. The highest BCUT2D eigenvalue weighted by Gasteiger charge is 2.24. The molecule has 0 heterocycles. The van der Waals surface area contributed by atoms with Crippen molar-refractivity contribution in [3.05, 3.63) is 144 Å². The molecular weight excluding hydrogens is 729 g/mol. The summed E-state index contributed by atoms with van der Waals surface area (Å²) in [5.74, 6) is 5.15. The molecule has 2 fully saturated rings. The summed E-state index contributed by atoms with van der Waals surface area (Å²) >= 11 is 0. The highest BCUT2D eigenvalue weighted by Crippen LogP contribution is 2.40. The molecule has 2 aliphatic carbocycles. The second kappa shape index (κ2) is 23.6. The fourth-order valence-corrected chi connectivity index (χ4v) is 10.0. The van der Waals surface area contributed by atoms with Crippen LogP contribution in [-0.2, 0) is 12.8 Å². The van der Waals surface area contributed by atoms with Crippen LogP contribution in [0.5, 0.6) is 11.5 Å². The van der Waals surface area contributed by atoms with Crippen molar-refractivity contribution in [1.82, 2.24) is 0 Å². The molecule has 60 heavy (non-hydrogen) atoms. The van der Waals surface area contributed by atoms with Crippen LogP contribution in [0.4, 0.5) is 0 Å². The van der Waals surface area contributed by atoms with E-state index >= 15 is 0 Å². The molecule has 2 heteroatoms. The third kappa shape index (κ3) is 13.3. The molecule has 318 valence electrons. The van der Waals surface area contributed by atoms with E-state index in [9.17, 15) is 0 Å². The summed E-state index contributed by atoms with van der Waals surface area (Å²) in [6.45, 7) is 6.19. The van der Waals surface area contributed by atoms with Crippen molar-refractivity contribution in [2.45, 2.75) is 154 Å². The third-order valence-corrected chi connectivity index (χ3v) is 14.0. The Morgan fingerprint density at radius 2 is 0.800 bits per heavy atom. The van der Waals surface area contributed by atoms with Gasteiger partial charge in [0.2, 0.25) is 0 Å². The SMILES string of the molecule is CCCCCCOc1ccc(C2CCC(CCc3ccc(-c4cccc(-c5ccc(CCC6CCC(c7ccc(OCCCCCC)cc7)CC6)cc5)c4)cc3)CC2)cc1. The molecule has 0 atom stereocenters. The molecule has 0 amide bonds. The Labute approximate surface area is 364 Å². The van der Waals surface area contributed by atoms with Crippen LogP contribution in [0.1, 0.15) is 164 Å². The van der Waals surface area contributed by atoms with E-state index < -0.39 is 0 Å². The van der Waals surface area contributed by atoms with E-state index in [4.69, 9.17) is 9.47 Å². The van der Waals surface area contributed by atoms with Crippen LogP contribution >= 0.6 is 0 Å². The van der Waals surface area contributed by atoms with E-state index in [2.05, 4.69) is 135 Å². The molecule has 0 N–H and O–H groups in total. The van der Waals surface area contributed by atoms with E-state index in [1.165, 1.54) is 160 Å². The number of ether oxygens (including phenoxy) is 2. The number of hydrogen-bond donors (Lipinski definition) is 0. The van der Waals surface area contributed by atoms with Gasteiger partial charge in [0.05, 0.1) is 13.2 Å². The smallest absolute Gasteiger partial charge is 0.119 e. The molecule has 0 unspecified atom stereocenters. The number of aryl methyl sites for hydroxylation is 2. The summed E-state index contributed by atoms with van der Waals surface area (Å²) in [6, 6.07) is 46.0. The molecule has 2 saturated carbocycles. The molecular formula is C58H74O2. The molecule has 5 aromatic carbocycles. The lowest BCUT2D eigenvalue weighted by Crippen LogP contribution is -2.14. The largest absolute Gasteiger partial charge is 0.494 e. The number of unbranched alkanes of at least 4 members (excludes halogenated alkanes) is 6. The lowest BCUT2D eigenvalue weighted by atomic mass is 9.77. The van der Waals surface area contributed by atoms with Gasteiger partial charge < -0.3 is 9.47 Å². The first-order valence-electron chi connectivity index (χ1n) is 24.4. The minimum Gasteiger partial charge on any atom is -0.494 e. The first-order valence-corrected chi connectivity index (χ1v) is 24.4. The molecule has 0 radical (unpaired) electrons. The van der Waals surface area contributed by atoms with E-state index in [0.29, 0.717) is 11.8 Å². The first kappa shape index (κ1) is 43.8. The monoisotopic (exact) mass is 803 g/mol. The molecule has 0 spiro atoms. The van der Waals surface area contributed by atoms with Crippen LogP contribution < -0.4 is 9.47 Å². The minimum atomic E-state index is 0.703. The van der Waals surface area contributed by atoms with Crippen molar-refractivity contribution in [1.29, 1.82) is 0 Å². The molecule has 5 aromatic rings. The van der Waals surface area contributed by atoms with Gasteiger partial charge in [-0.05, 0) is 188 Å². The van der Waals surface area contributed by atoms with Crippen molar-refractivity contribution < 1.29 is 9.47 Å². The number of rotatable bonds is 22. The molecule has 0 saturated heterocycles. The van der Waals surface area contributed by atoms with Gasteiger partial charge in [0.1, 0.15) is 11.5 Å². The van der Waals surface area contributed by atoms with Crippen molar-refractivity contribution in [3.63, 3.8) is 0 Å². The molecule has 7 rings (SSSR count). The first-order chi connectivity index (χ1) is 29.6. The molecule has 2 nitrogen and oxygen atoms in total. The average molecular weight is 803 g/mol. The summed E-state index contributed by atoms with van der Waals surface area (Å²) in [6.07, 6.45) is 25.6. The highest BCUT2D eigenvalue weighted by molar-refractivity contribution is 5.73. The van der Waals surface area contributed by atoms with Crippen LogP contribution in [0.25, 0.3) is 22.3 Å². The molecule has 0 aliphatic heterocycles. The van der Waals surface area contributed by atoms with Gasteiger partial charge in [-0.3, -0.25) is 0 Å². The van der Waals surface area contributed by atoms with Gasteiger partial charge in [-0.25, -0.2) is 0 Å². The van der Waals surface area contributed by atoms with Gasteiger partial charge in [-0.15, -0.1) is 0 Å². The zero-order valence-corrected chi connectivity index (χ0v) is 37.2. The van der Waals surface area contributed by atoms with Crippen molar-refractivity contribution in [2.24, 2.45) is 11.8 Å². The van der Waals surface area contributed by atoms with Gasteiger partial charge in [-0.2, -0.15) is 0 Å². The summed E-state index contributed by atoms with van der Waals surface area (Å²) in [5, 5.41) is 0. The molecule has 0 aromatic heterocycles. The van der Waals surface area contributed by atoms with Crippen LogP contribution in [0, 0.1) is 11.8 Å². The normalized spacial score (nSPS) is 19.2. The van der Waals surface area contributed by atoms with Crippen LogP contribution in [0.2, 0.25) is 0 Å². The van der Waals surface area contributed by atoms with Crippen LogP contribution in [0.3, 0.4) is 0 Å². The van der Waals surface area contributed by atoms with E-state index in [-0.39, 0.29) is 0 Å². The third-order valence-electron chi connectivity index (χ3n) is 14.0. The zero-order valence-electron chi connectivity index (χ0n) is 37.2. The maximum absolute atomic E-state index is 5.99. The van der Waals surface area contributed by atoms with Crippen molar-refractivity contribution in [3.8, 4) is 33.8 Å². The van der Waals surface area contributed by atoms with Gasteiger partial charge in [0.15, 0.2) is 0 Å². The fraction of sp³-hybridized carbons (Fsp3) is 0.483. The molecule has 2 aliphatic rings. The lowest BCUT2D eigenvalue weighted by molar-refractivity contribution is 0.303. The van der Waals surface area contributed by atoms with Crippen LogP contribution in [-0.4, -0.2) is 13.2 Å². The van der Waals surface area contributed by atoms with Gasteiger partial charge in [0, 0.05) is 0 Å². The predicted molar refractivity (Wildman–Crippen MR) is 256 cm³/mol. The second-order valence-electron chi connectivity index (χ2n) is 18.4. The van der Waals surface area contributed by atoms with Crippen LogP contribution in [0.15, 0.2) is 121 Å². The Bertz CT molecular complexity index is 1780. The van der Waals surface area contributed by atoms with Gasteiger partial charge in [-0.1, -0.05) is 143 Å². The number of benzene rings is 5. The van der Waals surface area contributed by atoms with E-state index in [1.807, 2.05) is 0 Å². The zero-order chi connectivity index (χ0) is 41.2. The van der Waals surface area contributed by atoms with Crippen molar-refractivity contribution >= 4 is 0 Å². The van der Waals surface area contributed by atoms with Gasteiger partial charge >= 0.3 is 0 Å². The van der Waals surface area contributed by atoms with Crippen molar-refractivity contribution in [2.75, 3.05) is 13.2 Å². The number of hydrogen-bond acceptors (Lipinski definition) is 2.